The number of nitrogens with zero attached hydrogens (tertiary/aromatic N) is 3. The Morgan fingerprint density at radius 2 is 2.19 bits per heavy atom. The van der Waals surface area contributed by atoms with Gasteiger partial charge in [-0.25, -0.2) is 4.98 Å². The predicted molar refractivity (Wildman–Crippen MR) is 77.4 cm³/mol. The van der Waals surface area contributed by atoms with Crippen LogP contribution in [0.4, 0.5) is 0 Å². The second kappa shape index (κ2) is 5.75. The van der Waals surface area contributed by atoms with Crippen LogP contribution in [0, 0.1) is 11.3 Å². The fraction of sp³-hybridized carbons (Fsp3) is 0.333. The topological polar surface area (TPSA) is 94.5 Å². The molecule has 1 heterocycles. The highest BCUT2D eigenvalue weighted by Gasteiger charge is 2.21. The first-order chi connectivity index (χ1) is 9.90. The average molecular weight is 283 g/mol. The van der Waals surface area contributed by atoms with Gasteiger partial charge in [-0.2, -0.15) is 5.26 Å². The standard InChI is InChI=1S/C15H17N5O/c1-15(2,3)14-18-12(19-20-14)13(21)17-9-11-6-4-5-10(7-11)8-16/h4-7H,9H2,1-3H3,(H,17,21)(H,18,19,20). The molecule has 0 aliphatic carbocycles. The Morgan fingerprint density at radius 3 is 2.81 bits per heavy atom. The van der Waals surface area contributed by atoms with Gasteiger partial charge in [0, 0.05) is 12.0 Å². The highest BCUT2D eigenvalue weighted by atomic mass is 16.2. The predicted octanol–water partition coefficient (Wildman–Crippen LogP) is 1.90. The fourth-order valence-electron chi connectivity index (χ4n) is 1.71. The molecule has 1 amide bonds. The first-order valence-electron chi connectivity index (χ1n) is 6.60. The van der Waals surface area contributed by atoms with E-state index in [9.17, 15) is 4.79 Å². The zero-order valence-corrected chi connectivity index (χ0v) is 12.3. The van der Waals surface area contributed by atoms with Crippen LogP contribution in [-0.4, -0.2) is 21.1 Å². The minimum Gasteiger partial charge on any atom is -0.345 e. The Kier molecular flexibility index (Phi) is 4.03. The van der Waals surface area contributed by atoms with E-state index < -0.39 is 0 Å². The van der Waals surface area contributed by atoms with Crippen LogP contribution in [0.5, 0.6) is 0 Å². The van der Waals surface area contributed by atoms with Gasteiger partial charge in [0.1, 0.15) is 5.82 Å². The highest BCUT2D eigenvalue weighted by molar-refractivity contribution is 5.90. The van der Waals surface area contributed by atoms with E-state index >= 15 is 0 Å². The minimum atomic E-state index is -0.343. The van der Waals surface area contributed by atoms with E-state index in [2.05, 4.69) is 26.6 Å². The molecule has 108 valence electrons. The molecule has 0 unspecified atom stereocenters. The third kappa shape index (κ3) is 3.66. The van der Waals surface area contributed by atoms with Gasteiger partial charge in [-0.05, 0) is 17.7 Å². The van der Waals surface area contributed by atoms with Crippen LogP contribution in [0.1, 0.15) is 48.3 Å². The van der Waals surface area contributed by atoms with Crippen molar-refractivity contribution in [2.75, 3.05) is 0 Å². The van der Waals surface area contributed by atoms with Crippen LogP contribution in [0.15, 0.2) is 24.3 Å². The van der Waals surface area contributed by atoms with Gasteiger partial charge in [0.05, 0.1) is 11.6 Å². The molecule has 2 rings (SSSR count). The number of amides is 1. The van der Waals surface area contributed by atoms with Crippen molar-refractivity contribution in [2.45, 2.75) is 32.7 Å². The maximum absolute atomic E-state index is 12.0. The number of aromatic nitrogens is 3. The number of carbonyl (C=O) groups excluding carboxylic acids is 1. The molecule has 0 saturated heterocycles. The summed E-state index contributed by atoms with van der Waals surface area (Å²) in [6.07, 6.45) is 0. The van der Waals surface area contributed by atoms with Gasteiger partial charge in [0.15, 0.2) is 0 Å². The smallest absolute Gasteiger partial charge is 0.291 e. The summed E-state index contributed by atoms with van der Waals surface area (Å²) >= 11 is 0. The molecule has 2 aromatic rings. The van der Waals surface area contributed by atoms with E-state index in [1.54, 1.807) is 18.2 Å². The van der Waals surface area contributed by atoms with Gasteiger partial charge in [-0.3, -0.25) is 9.89 Å². The van der Waals surface area contributed by atoms with Crippen molar-refractivity contribution in [1.82, 2.24) is 20.5 Å². The number of aromatic amines is 1. The molecule has 6 nitrogen and oxygen atoms in total. The summed E-state index contributed by atoms with van der Waals surface area (Å²) in [4.78, 5) is 16.2. The Hall–Kier alpha value is -2.68. The maximum Gasteiger partial charge on any atom is 0.291 e. The summed E-state index contributed by atoms with van der Waals surface area (Å²) in [5, 5.41) is 18.3. The summed E-state index contributed by atoms with van der Waals surface area (Å²) in [5.74, 6) is 0.444. The molecule has 0 spiro atoms. The van der Waals surface area contributed by atoms with E-state index in [1.807, 2.05) is 26.8 Å². The first-order valence-corrected chi connectivity index (χ1v) is 6.60. The lowest BCUT2D eigenvalue weighted by molar-refractivity contribution is 0.0941. The first kappa shape index (κ1) is 14.7. The third-order valence-corrected chi connectivity index (χ3v) is 2.91. The summed E-state index contributed by atoms with van der Waals surface area (Å²) in [6, 6.07) is 9.15. The molecule has 0 bridgehead atoms. The average Bonchev–Trinajstić information content (AvgIpc) is 2.95. The van der Waals surface area contributed by atoms with E-state index in [4.69, 9.17) is 5.26 Å². The van der Waals surface area contributed by atoms with Gasteiger partial charge >= 0.3 is 0 Å². The number of H-pyrrole nitrogens is 1. The molecule has 1 aromatic carbocycles. The van der Waals surface area contributed by atoms with Crippen molar-refractivity contribution in [3.63, 3.8) is 0 Å². The van der Waals surface area contributed by atoms with Gasteiger partial charge in [0.25, 0.3) is 5.91 Å². The number of nitrogens with one attached hydrogen (secondary N) is 2. The summed E-state index contributed by atoms with van der Waals surface area (Å²) in [7, 11) is 0. The van der Waals surface area contributed by atoms with Crippen LogP contribution >= 0.6 is 0 Å². The number of nitriles is 1. The highest BCUT2D eigenvalue weighted by Crippen LogP contribution is 2.17. The summed E-state index contributed by atoms with van der Waals surface area (Å²) in [6.45, 7) is 6.29. The quantitative estimate of drug-likeness (QED) is 0.899. The molecule has 0 radical (unpaired) electrons. The Morgan fingerprint density at radius 1 is 1.43 bits per heavy atom. The van der Waals surface area contributed by atoms with Gasteiger partial charge in [-0.1, -0.05) is 32.9 Å². The molecule has 0 aliphatic heterocycles. The maximum atomic E-state index is 12.0. The van der Waals surface area contributed by atoms with Crippen LogP contribution in [0.3, 0.4) is 0 Å². The number of carbonyl (C=O) groups is 1. The lowest BCUT2D eigenvalue weighted by Gasteiger charge is -2.12. The second-order valence-corrected chi connectivity index (χ2v) is 5.75. The van der Waals surface area contributed by atoms with Gasteiger partial charge in [0.2, 0.25) is 5.82 Å². The lowest BCUT2D eigenvalue weighted by atomic mass is 9.96. The largest absolute Gasteiger partial charge is 0.345 e. The van der Waals surface area contributed by atoms with Crippen molar-refractivity contribution < 1.29 is 4.79 Å². The molecule has 2 N–H and O–H groups in total. The third-order valence-electron chi connectivity index (χ3n) is 2.91. The zero-order valence-electron chi connectivity index (χ0n) is 12.3. The van der Waals surface area contributed by atoms with Crippen molar-refractivity contribution >= 4 is 5.91 Å². The van der Waals surface area contributed by atoms with E-state index in [0.29, 0.717) is 17.9 Å². The van der Waals surface area contributed by atoms with Crippen LogP contribution in [0.25, 0.3) is 0 Å². The molecule has 1 aromatic heterocycles. The van der Waals surface area contributed by atoms with Crippen LogP contribution in [-0.2, 0) is 12.0 Å². The Bertz CT molecular complexity index is 691. The van der Waals surface area contributed by atoms with E-state index in [1.165, 1.54) is 0 Å². The lowest BCUT2D eigenvalue weighted by Crippen LogP contribution is -2.24. The van der Waals surface area contributed by atoms with E-state index in [-0.39, 0.29) is 17.1 Å². The summed E-state index contributed by atoms with van der Waals surface area (Å²) < 4.78 is 0. The fourth-order valence-corrected chi connectivity index (χ4v) is 1.71. The van der Waals surface area contributed by atoms with Crippen molar-refractivity contribution in [2.24, 2.45) is 0 Å². The van der Waals surface area contributed by atoms with Crippen molar-refractivity contribution in [1.29, 1.82) is 5.26 Å². The number of hydrogen-bond acceptors (Lipinski definition) is 4. The Labute approximate surface area is 123 Å². The molecular formula is C15H17N5O. The molecule has 0 aliphatic rings. The number of rotatable bonds is 3. The minimum absolute atomic E-state index is 0.122. The molecule has 0 atom stereocenters. The van der Waals surface area contributed by atoms with Gasteiger partial charge in [-0.15, -0.1) is 5.10 Å². The normalized spacial score (nSPS) is 11.0. The molecule has 21 heavy (non-hydrogen) atoms. The zero-order chi connectivity index (χ0) is 15.5. The molecule has 0 fully saturated rings. The van der Waals surface area contributed by atoms with Gasteiger partial charge < -0.3 is 5.32 Å². The Balaban J connectivity index is 2.02. The monoisotopic (exact) mass is 283 g/mol. The SMILES string of the molecule is CC(C)(C)c1nc(C(=O)NCc2cccc(C#N)c2)n[nH]1. The number of hydrogen-bond donors (Lipinski definition) is 2. The molecular weight excluding hydrogens is 266 g/mol. The van der Waals surface area contributed by atoms with Crippen molar-refractivity contribution in [3.8, 4) is 6.07 Å². The van der Waals surface area contributed by atoms with E-state index in [0.717, 1.165) is 5.56 Å². The summed E-state index contributed by atoms with van der Waals surface area (Å²) in [5.41, 5.74) is 1.23. The second-order valence-electron chi connectivity index (χ2n) is 5.75. The number of benzene rings is 1. The molecule has 6 heteroatoms. The molecule has 0 saturated carbocycles. The van der Waals surface area contributed by atoms with Crippen molar-refractivity contribution in [3.05, 3.63) is 47.0 Å². The van der Waals surface area contributed by atoms with Crippen LogP contribution in [0.2, 0.25) is 0 Å². The van der Waals surface area contributed by atoms with Crippen LogP contribution < -0.4 is 5.32 Å².